The maximum absolute atomic E-state index is 12.2. The van der Waals surface area contributed by atoms with Gasteiger partial charge in [0.15, 0.2) is 0 Å². The number of hydrogen-bond donors (Lipinski definition) is 1. The van der Waals surface area contributed by atoms with Crippen molar-refractivity contribution in [1.82, 2.24) is 15.1 Å². The molecular weight excluding hydrogens is 306 g/mol. The highest BCUT2D eigenvalue weighted by atomic mass is 16.5. The fourth-order valence-electron chi connectivity index (χ4n) is 4.50. The lowest BCUT2D eigenvalue weighted by atomic mass is 9.88. The molecule has 4 rings (SSSR count). The molecule has 6 heteroatoms. The van der Waals surface area contributed by atoms with Crippen LogP contribution < -0.4 is 5.32 Å². The monoisotopic (exact) mass is 337 g/mol. The van der Waals surface area contributed by atoms with E-state index in [2.05, 4.69) is 15.1 Å². The number of morpholine rings is 1. The lowest BCUT2D eigenvalue weighted by Crippen LogP contribution is -2.73. The first-order valence-electron chi connectivity index (χ1n) is 9.57. The van der Waals surface area contributed by atoms with E-state index in [-0.39, 0.29) is 17.6 Å². The van der Waals surface area contributed by atoms with Crippen LogP contribution in [-0.4, -0.2) is 86.9 Å². The number of carbonyl (C=O) groups is 1. The molecule has 0 aromatic carbocycles. The Morgan fingerprint density at radius 3 is 2.46 bits per heavy atom. The molecular formula is C18H31N3O3. The Balaban J connectivity index is 1.31. The molecule has 4 aliphatic rings. The van der Waals surface area contributed by atoms with Crippen LogP contribution in [0.1, 0.15) is 25.7 Å². The lowest BCUT2D eigenvalue weighted by molar-refractivity contribution is -0.203. The summed E-state index contributed by atoms with van der Waals surface area (Å²) in [5.74, 6) is 1.68. The van der Waals surface area contributed by atoms with E-state index in [1.54, 1.807) is 7.05 Å². The first-order chi connectivity index (χ1) is 11.7. The summed E-state index contributed by atoms with van der Waals surface area (Å²) in [6.07, 6.45) is 5.02. The molecule has 1 saturated carbocycles. The highest BCUT2D eigenvalue weighted by Gasteiger charge is 2.51. The number of rotatable bonds is 5. The fourth-order valence-corrected chi connectivity index (χ4v) is 4.50. The van der Waals surface area contributed by atoms with Crippen molar-refractivity contribution in [1.29, 1.82) is 0 Å². The van der Waals surface area contributed by atoms with Gasteiger partial charge in [-0.2, -0.15) is 0 Å². The van der Waals surface area contributed by atoms with Crippen molar-refractivity contribution in [2.45, 2.75) is 37.3 Å². The van der Waals surface area contributed by atoms with Crippen LogP contribution >= 0.6 is 0 Å². The third-order valence-electron chi connectivity index (χ3n) is 6.10. The van der Waals surface area contributed by atoms with Crippen molar-refractivity contribution in [3.63, 3.8) is 0 Å². The van der Waals surface area contributed by atoms with E-state index in [0.29, 0.717) is 6.61 Å². The molecule has 3 aliphatic heterocycles. The van der Waals surface area contributed by atoms with E-state index in [0.717, 1.165) is 51.2 Å². The van der Waals surface area contributed by atoms with Gasteiger partial charge in [0.2, 0.25) is 5.91 Å². The minimum atomic E-state index is -0.106. The smallest absolute Gasteiger partial charge is 0.239 e. The summed E-state index contributed by atoms with van der Waals surface area (Å²) in [6.45, 7) is 7.56. The van der Waals surface area contributed by atoms with Crippen LogP contribution in [0.4, 0.5) is 0 Å². The molecule has 1 aliphatic carbocycles. The molecule has 1 atom stereocenters. The highest BCUT2D eigenvalue weighted by Crippen LogP contribution is 2.36. The molecule has 3 heterocycles. The van der Waals surface area contributed by atoms with E-state index >= 15 is 0 Å². The Morgan fingerprint density at radius 2 is 1.79 bits per heavy atom. The molecule has 0 aromatic rings. The number of nitrogens with zero attached hydrogens (tertiary/aromatic N) is 2. The minimum absolute atomic E-state index is 0.0371. The number of amides is 1. The number of likely N-dealkylation sites (N-methyl/N-ethyl adjacent to an activating group) is 1. The van der Waals surface area contributed by atoms with Crippen LogP contribution in [0.5, 0.6) is 0 Å². The molecule has 24 heavy (non-hydrogen) atoms. The molecule has 1 unspecified atom stereocenters. The largest absolute Gasteiger partial charge is 0.381 e. The van der Waals surface area contributed by atoms with Crippen LogP contribution in [0.3, 0.4) is 0 Å². The van der Waals surface area contributed by atoms with Crippen molar-refractivity contribution >= 4 is 5.91 Å². The first-order valence-corrected chi connectivity index (χ1v) is 9.57. The quantitative estimate of drug-likeness (QED) is 0.783. The second-order valence-corrected chi connectivity index (χ2v) is 8.22. The van der Waals surface area contributed by atoms with Crippen molar-refractivity contribution in [3.8, 4) is 0 Å². The maximum atomic E-state index is 12.2. The normalized spacial score (nSPS) is 31.8. The third-order valence-corrected chi connectivity index (χ3v) is 6.10. The van der Waals surface area contributed by atoms with Crippen LogP contribution in [0.15, 0.2) is 0 Å². The molecule has 3 saturated heterocycles. The molecule has 6 nitrogen and oxygen atoms in total. The zero-order chi connectivity index (χ0) is 16.6. The van der Waals surface area contributed by atoms with Gasteiger partial charge in [-0.3, -0.25) is 14.6 Å². The van der Waals surface area contributed by atoms with Gasteiger partial charge in [-0.25, -0.2) is 0 Å². The number of nitrogens with one attached hydrogen (secondary N) is 1. The molecule has 1 spiro atoms. The summed E-state index contributed by atoms with van der Waals surface area (Å²) in [5.41, 5.74) is -0.0371. The molecule has 0 aromatic heterocycles. The van der Waals surface area contributed by atoms with Gasteiger partial charge in [0.1, 0.15) is 11.6 Å². The zero-order valence-corrected chi connectivity index (χ0v) is 14.8. The van der Waals surface area contributed by atoms with Gasteiger partial charge in [-0.05, 0) is 37.5 Å². The van der Waals surface area contributed by atoms with E-state index in [4.69, 9.17) is 9.47 Å². The zero-order valence-electron chi connectivity index (χ0n) is 14.8. The Hall–Kier alpha value is -0.690. The van der Waals surface area contributed by atoms with E-state index in [9.17, 15) is 4.79 Å². The van der Waals surface area contributed by atoms with Crippen molar-refractivity contribution < 1.29 is 14.3 Å². The van der Waals surface area contributed by atoms with Crippen LogP contribution in [0.25, 0.3) is 0 Å². The van der Waals surface area contributed by atoms with Crippen LogP contribution in [0.2, 0.25) is 0 Å². The van der Waals surface area contributed by atoms with Gasteiger partial charge in [0.05, 0.1) is 6.61 Å². The Kier molecular flexibility index (Phi) is 4.82. The third kappa shape index (κ3) is 3.62. The van der Waals surface area contributed by atoms with Gasteiger partial charge >= 0.3 is 0 Å². The molecule has 1 N–H and O–H groups in total. The van der Waals surface area contributed by atoms with Crippen LogP contribution in [0, 0.1) is 11.8 Å². The Morgan fingerprint density at radius 1 is 1.08 bits per heavy atom. The van der Waals surface area contributed by atoms with E-state index in [1.807, 2.05) is 0 Å². The number of carbonyl (C=O) groups excluding carboxylic acids is 1. The predicted octanol–water partition coefficient (Wildman–Crippen LogP) is 0.324. The molecule has 136 valence electrons. The Labute approximate surface area is 144 Å². The summed E-state index contributed by atoms with van der Waals surface area (Å²) >= 11 is 0. The van der Waals surface area contributed by atoms with Gasteiger partial charge in [-0.15, -0.1) is 0 Å². The molecule has 0 radical (unpaired) electrons. The second-order valence-electron chi connectivity index (χ2n) is 8.22. The van der Waals surface area contributed by atoms with Gasteiger partial charge in [-0.1, -0.05) is 0 Å². The Bertz CT molecular complexity index is 456. The van der Waals surface area contributed by atoms with Gasteiger partial charge < -0.3 is 14.8 Å². The SMILES string of the molecule is CNC(=O)C1COC2(CN(CC3CCOCC3)C2)CN1CC1CC1. The number of likely N-dealkylation sites (tertiary alicyclic amines) is 1. The summed E-state index contributed by atoms with van der Waals surface area (Å²) in [7, 11) is 1.72. The minimum Gasteiger partial charge on any atom is -0.381 e. The van der Waals surface area contributed by atoms with Crippen molar-refractivity contribution in [2.24, 2.45) is 11.8 Å². The molecule has 1 amide bonds. The predicted molar refractivity (Wildman–Crippen MR) is 90.8 cm³/mol. The summed E-state index contributed by atoms with van der Waals surface area (Å²) in [4.78, 5) is 17.1. The number of ether oxygens (including phenoxy) is 2. The van der Waals surface area contributed by atoms with Gasteiger partial charge in [0, 0.05) is 53.0 Å². The maximum Gasteiger partial charge on any atom is 0.239 e. The topological polar surface area (TPSA) is 54.0 Å². The summed E-state index contributed by atoms with van der Waals surface area (Å²) < 4.78 is 11.7. The lowest BCUT2D eigenvalue weighted by Gasteiger charge is -2.56. The van der Waals surface area contributed by atoms with E-state index in [1.165, 1.54) is 32.2 Å². The second kappa shape index (κ2) is 6.90. The average molecular weight is 337 g/mol. The number of hydrogen-bond acceptors (Lipinski definition) is 5. The fraction of sp³-hybridized carbons (Fsp3) is 0.944. The van der Waals surface area contributed by atoms with Gasteiger partial charge in [0.25, 0.3) is 0 Å². The highest BCUT2D eigenvalue weighted by molar-refractivity contribution is 5.81. The van der Waals surface area contributed by atoms with Crippen molar-refractivity contribution in [2.75, 3.05) is 59.6 Å². The average Bonchev–Trinajstić information content (AvgIpc) is 3.38. The summed E-state index contributed by atoms with van der Waals surface area (Å²) in [6, 6.07) is -0.106. The molecule has 4 fully saturated rings. The molecule has 0 bridgehead atoms. The first kappa shape index (κ1) is 16.8. The summed E-state index contributed by atoms with van der Waals surface area (Å²) in [5, 5.41) is 2.80. The van der Waals surface area contributed by atoms with Crippen molar-refractivity contribution in [3.05, 3.63) is 0 Å². The standard InChI is InChI=1S/C18H31N3O3/c1-19-17(22)16-10-24-18(13-21(16)9-14-2-3-14)11-20(12-18)8-15-4-6-23-7-5-15/h14-16H,2-13H2,1H3,(H,19,22). The van der Waals surface area contributed by atoms with E-state index < -0.39 is 0 Å². The van der Waals surface area contributed by atoms with Crippen LogP contribution in [-0.2, 0) is 14.3 Å².